The number of amides is 2. The zero-order valence-electron chi connectivity index (χ0n) is 17.7. The monoisotopic (exact) mass is 444 g/mol. The molecule has 9 heteroatoms. The highest BCUT2D eigenvalue weighted by atomic mass is 16.5. The number of aromatic nitrogens is 1. The van der Waals surface area contributed by atoms with Crippen LogP contribution in [-0.4, -0.2) is 40.8 Å². The average molecular weight is 444 g/mol. The van der Waals surface area contributed by atoms with Crippen molar-refractivity contribution < 1.29 is 23.5 Å². The zero-order valence-corrected chi connectivity index (χ0v) is 17.7. The number of nitrogens with two attached hydrogens (primary N) is 2. The smallest absolute Gasteiger partial charge is 0.338 e. The van der Waals surface area contributed by atoms with Crippen molar-refractivity contribution in [1.82, 2.24) is 9.88 Å². The molecule has 33 heavy (non-hydrogen) atoms. The highest BCUT2D eigenvalue weighted by Gasteiger charge is 2.64. The van der Waals surface area contributed by atoms with Gasteiger partial charge in [-0.2, -0.15) is 4.98 Å². The fraction of sp³-hybridized carbons (Fsp3) is 0.167. The summed E-state index contributed by atoms with van der Waals surface area (Å²) in [5.74, 6) is -1.70. The summed E-state index contributed by atoms with van der Waals surface area (Å²) < 4.78 is 11.1. The van der Waals surface area contributed by atoms with Gasteiger partial charge in [0.2, 0.25) is 11.8 Å². The van der Waals surface area contributed by atoms with Crippen molar-refractivity contribution in [3.05, 3.63) is 77.0 Å². The van der Waals surface area contributed by atoms with E-state index in [-0.39, 0.29) is 29.6 Å². The molecule has 2 heterocycles. The number of esters is 1. The Morgan fingerprint density at radius 1 is 1.12 bits per heavy atom. The van der Waals surface area contributed by atoms with E-state index in [0.717, 1.165) is 0 Å². The van der Waals surface area contributed by atoms with Crippen molar-refractivity contribution in [2.75, 3.05) is 18.9 Å². The average Bonchev–Trinajstić information content (AvgIpc) is 3.39. The Kier molecular flexibility index (Phi) is 4.56. The first kappa shape index (κ1) is 20.5. The molecule has 4 N–H and O–H groups in total. The summed E-state index contributed by atoms with van der Waals surface area (Å²) in [4.78, 5) is 45.3. The molecule has 1 spiro atoms. The third-order valence-corrected chi connectivity index (χ3v) is 5.86. The molecule has 9 nitrogen and oxygen atoms in total. The van der Waals surface area contributed by atoms with Crippen molar-refractivity contribution in [2.45, 2.75) is 12.3 Å². The van der Waals surface area contributed by atoms with Crippen LogP contribution in [0.1, 0.15) is 23.7 Å². The van der Waals surface area contributed by atoms with Gasteiger partial charge in [0.25, 0.3) is 6.01 Å². The second-order valence-electron chi connectivity index (χ2n) is 7.69. The van der Waals surface area contributed by atoms with E-state index in [4.69, 9.17) is 20.6 Å². The van der Waals surface area contributed by atoms with Gasteiger partial charge in [0.1, 0.15) is 12.2 Å². The number of carbonyl (C=O) groups excluding carboxylic acids is 3. The minimum atomic E-state index is -1.69. The van der Waals surface area contributed by atoms with Crippen molar-refractivity contribution in [1.29, 1.82) is 0 Å². The van der Waals surface area contributed by atoms with Gasteiger partial charge in [0.05, 0.1) is 17.9 Å². The van der Waals surface area contributed by atoms with Crippen molar-refractivity contribution in [2.24, 2.45) is 5.73 Å². The summed E-state index contributed by atoms with van der Waals surface area (Å²) in [6.45, 7) is 1.33. The van der Waals surface area contributed by atoms with E-state index in [1.807, 2.05) is 0 Å². The summed E-state index contributed by atoms with van der Waals surface area (Å²) in [5, 5.41) is 0. The Hall–Kier alpha value is -4.40. The van der Waals surface area contributed by atoms with Crippen LogP contribution >= 0.6 is 0 Å². The van der Waals surface area contributed by atoms with E-state index in [2.05, 4.69) is 4.98 Å². The van der Waals surface area contributed by atoms with Gasteiger partial charge >= 0.3 is 5.97 Å². The minimum absolute atomic E-state index is 0.0429. The number of fused-ring (bicyclic) bond motifs is 5. The number of carbonyl (C=O) groups is 3. The fourth-order valence-corrected chi connectivity index (χ4v) is 4.76. The molecular formula is C24H20N4O5. The molecule has 2 amide bonds. The maximum absolute atomic E-state index is 14.2. The van der Waals surface area contributed by atoms with Crippen LogP contribution in [0, 0.1) is 0 Å². The number of oxazole rings is 1. The van der Waals surface area contributed by atoms with E-state index < -0.39 is 29.7 Å². The van der Waals surface area contributed by atoms with Crippen molar-refractivity contribution >= 4 is 29.5 Å². The van der Waals surface area contributed by atoms with Gasteiger partial charge in [-0.25, -0.2) is 4.79 Å². The van der Waals surface area contributed by atoms with E-state index in [0.29, 0.717) is 22.5 Å². The quantitative estimate of drug-likeness (QED) is 0.572. The number of hydrogen-bond donors (Lipinski definition) is 2. The molecule has 1 unspecified atom stereocenters. The molecular weight excluding hydrogens is 424 g/mol. The number of nitrogen functional groups attached to an aromatic ring is 1. The van der Waals surface area contributed by atoms with E-state index in [1.165, 1.54) is 4.90 Å². The molecule has 1 aliphatic carbocycles. The number of ether oxygens (including phenoxy) is 1. The summed E-state index contributed by atoms with van der Waals surface area (Å²) in [5.41, 5.74) is 11.8. The lowest BCUT2D eigenvalue weighted by atomic mass is 9.74. The predicted molar refractivity (Wildman–Crippen MR) is 118 cm³/mol. The van der Waals surface area contributed by atoms with Gasteiger partial charge in [-0.1, -0.05) is 54.6 Å². The number of primary amides is 1. The summed E-state index contributed by atoms with van der Waals surface area (Å²) in [6.07, 6.45) is 0. The number of nitrogens with zero attached hydrogens (tertiary/aromatic N) is 2. The SMILES string of the molecule is CCOC(=O)C1=C(c2ccccc2)N(CC(N)=O)C(=O)C12c1ccccc1-c1oc(N)nc12. The Labute approximate surface area is 188 Å². The summed E-state index contributed by atoms with van der Waals surface area (Å²) >= 11 is 0. The van der Waals surface area contributed by atoms with Crippen LogP contribution in [0.2, 0.25) is 0 Å². The number of rotatable bonds is 5. The van der Waals surface area contributed by atoms with Gasteiger partial charge in [-0.05, 0) is 18.1 Å². The Morgan fingerprint density at radius 3 is 2.52 bits per heavy atom. The molecule has 1 aromatic heterocycles. The third kappa shape index (κ3) is 2.72. The number of anilines is 1. The van der Waals surface area contributed by atoms with Crippen LogP contribution in [0.3, 0.4) is 0 Å². The summed E-state index contributed by atoms with van der Waals surface area (Å²) in [6, 6.07) is 15.7. The van der Waals surface area contributed by atoms with Crippen LogP contribution in [0.4, 0.5) is 6.01 Å². The molecule has 0 bridgehead atoms. The highest BCUT2D eigenvalue weighted by Crippen LogP contribution is 2.59. The van der Waals surface area contributed by atoms with Crippen LogP contribution in [-0.2, 0) is 24.5 Å². The Morgan fingerprint density at radius 2 is 1.82 bits per heavy atom. The first-order valence-corrected chi connectivity index (χ1v) is 10.4. The molecule has 0 fully saturated rings. The number of hydrogen-bond acceptors (Lipinski definition) is 7. The molecule has 1 aliphatic heterocycles. The van der Waals surface area contributed by atoms with Gasteiger partial charge in [-0.15, -0.1) is 0 Å². The third-order valence-electron chi connectivity index (χ3n) is 5.86. The van der Waals surface area contributed by atoms with Crippen molar-refractivity contribution in [3.8, 4) is 11.3 Å². The first-order chi connectivity index (χ1) is 15.9. The van der Waals surface area contributed by atoms with Crippen molar-refractivity contribution in [3.63, 3.8) is 0 Å². The first-order valence-electron chi connectivity index (χ1n) is 10.4. The van der Waals surface area contributed by atoms with Gasteiger partial charge in [-0.3, -0.25) is 9.59 Å². The molecule has 2 aromatic carbocycles. The van der Waals surface area contributed by atoms with Crippen LogP contribution in [0.25, 0.3) is 17.0 Å². The molecule has 1 atom stereocenters. The maximum Gasteiger partial charge on any atom is 0.338 e. The molecule has 3 aromatic rings. The van der Waals surface area contributed by atoms with E-state index >= 15 is 0 Å². The van der Waals surface area contributed by atoms with Gasteiger partial charge < -0.3 is 25.5 Å². The normalized spacial score (nSPS) is 18.6. The van der Waals surface area contributed by atoms with Crippen LogP contribution < -0.4 is 11.5 Å². The Bertz CT molecular complexity index is 1340. The lowest BCUT2D eigenvalue weighted by molar-refractivity contribution is -0.140. The predicted octanol–water partition coefficient (Wildman–Crippen LogP) is 1.83. The van der Waals surface area contributed by atoms with Gasteiger partial charge in [0, 0.05) is 5.56 Å². The summed E-state index contributed by atoms with van der Waals surface area (Å²) in [7, 11) is 0. The largest absolute Gasteiger partial charge is 0.463 e. The lowest BCUT2D eigenvalue weighted by Gasteiger charge is -2.26. The van der Waals surface area contributed by atoms with E-state index in [1.54, 1.807) is 61.5 Å². The van der Waals surface area contributed by atoms with Crippen LogP contribution in [0.15, 0.2) is 64.6 Å². The molecule has 0 saturated heterocycles. The molecule has 0 radical (unpaired) electrons. The Balaban J connectivity index is 1.93. The lowest BCUT2D eigenvalue weighted by Crippen LogP contribution is -2.44. The standard InChI is InChI=1S/C24H20N4O5/c1-2-32-21(30)17-18(13-8-4-3-5-9-13)28(12-16(25)29)22(31)24(17)15-11-7-6-10-14(15)19-20(24)27-23(26)33-19/h3-11H,2,12H2,1H3,(H2,25,29)(H2,26,27). The molecule has 0 saturated carbocycles. The number of benzene rings is 2. The maximum atomic E-state index is 14.2. The van der Waals surface area contributed by atoms with Gasteiger partial charge in [0.15, 0.2) is 11.2 Å². The topological polar surface area (TPSA) is 142 Å². The second-order valence-corrected chi connectivity index (χ2v) is 7.69. The molecule has 5 rings (SSSR count). The molecule has 2 aliphatic rings. The molecule has 166 valence electrons. The fourth-order valence-electron chi connectivity index (χ4n) is 4.76. The minimum Gasteiger partial charge on any atom is -0.463 e. The van der Waals surface area contributed by atoms with E-state index in [9.17, 15) is 14.4 Å². The zero-order chi connectivity index (χ0) is 23.3. The second kappa shape index (κ2) is 7.33. The van der Waals surface area contributed by atoms with Crippen LogP contribution in [0.5, 0.6) is 0 Å². The highest BCUT2D eigenvalue weighted by molar-refractivity contribution is 6.21.